The van der Waals surface area contributed by atoms with Crippen LogP contribution in [-0.4, -0.2) is 44.2 Å². The number of nitrogens with zero attached hydrogens (tertiary/aromatic N) is 4. The second-order valence-corrected chi connectivity index (χ2v) is 5.34. The van der Waals surface area contributed by atoms with E-state index in [0.29, 0.717) is 5.92 Å². The van der Waals surface area contributed by atoms with Gasteiger partial charge in [-0.15, -0.1) is 0 Å². The van der Waals surface area contributed by atoms with Gasteiger partial charge >= 0.3 is 0 Å². The summed E-state index contributed by atoms with van der Waals surface area (Å²) in [5.41, 5.74) is 2.87. The average Bonchev–Trinajstić information content (AvgIpc) is 3.34. The second-order valence-electron chi connectivity index (χ2n) is 5.34. The van der Waals surface area contributed by atoms with Crippen molar-refractivity contribution in [1.29, 1.82) is 0 Å². The first kappa shape index (κ1) is 15.5. The molecule has 0 bridgehead atoms. The van der Waals surface area contributed by atoms with Gasteiger partial charge in [-0.3, -0.25) is 9.50 Å². The standard InChI is InChI=1S/C14H17N7.C2H6/c1-2-15-5-10(1)6-17-13-14-18-9-12(11-7-19-20-8-11)21(14)4-3-16-13;1-2/h3-4,7-10,15H,1-2,5-6H2,(H,16,17)(H,19,20);1-2H3. The van der Waals surface area contributed by atoms with Gasteiger partial charge in [0.25, 0.3) is 0 Å². The minimum absolute atomic E-state index is 0.662. The fourth-order valence-electron chi connectivity index (χ4n) is 2.78. The number of rotatable bonds is 4. The van der Waals surface area contributed by atoms with Crippen LogP contribution in [0.2, 0.25) is 0 Å². The number of hydrogen-bond acceptors (Lipinski definition) is 5. The van der Waals surface area contributed by atoms with Crippen molar-refractivity contribution in [1.82, 2.24) is 29.9 Å². The molecule has 3 aromatic heterocycles. The normalized spacial score (nSPS) is 17.0. The van der Waals surface area contributed by atoms with Gasteiger partial charge in [-0.05, 0) is 25.4 Å². The second kappa shape index (κ2) is 7.23. The zero-order valence-electron chi connectivity index (χ0n) is 13.6. The third-order valence-corrected chi connectivity index (χ3v) is 3.94. The molecule has 1 aliphatic heterocycles. The molecule has 0 radical (unpaired) electrons. The molecule has 23 heavy (non-hydrogen) atoms. The molecule has 0 amide bonds. The highest BCUT2D eigenvalue weighted by Gasteiger charge is 2.16. The summed E-state index contributed by atoms with van der Waals surface area (Å²) in [7, 11) is 0. The monoisotopic (exact) mass is 313 g/mol. The zero-order chi connectivity index (χ0) is 16.1. The maximum absolute atomic E-state index is 4.50. The Balaban J connectivity index is 0.000000753. The fourth-order valence-corrected chi connectivity index (χ4v) is 2.78. The topological polar surface area (TPSA) is 82.9 Å². The smallest absolute Gasteiger partial charge is 0.180 e. The maximum Gasteiger partial charge on any atom is 0.180 e. The van der Waals surface area contributed by atoms with Crippen LogP contribution in [0.4, 0.5) is 5.82 Å². The maximum atomic E-state index is 4.50. The molecule has 122 valence electrons. The zero-order valence-corrected chi connectivity index (χ0v) is 13.6. The van der Waals surface area contributed by atoms with Crippen LogP contribution in [0.25, 0.3) is 16.9 Å². The molecular weight excluding hydrogens is 290 g/mol. The van der Waals surface area contributed by atoms with Crippen molar-refractivity contribution in [3.05, 3.63) is 31.0 Å². The fraction of sp³-hybridized carbons (Fsp3) is 0.438. The third-order valence-electron chi connectivity index (χ3n) is 3.94. The van der Waals surface area contributed by atoms with E-state index in [4.69, 9.17) is 0 Å². The first-order valence-corrected chi connectivity index (χ1v) is 8.17. The van der Waals surface area contributed by atoms with Crippen LogP contribution < -0.4 is 10.6 Å². The molecular formula is C16H23N7. The van der Waals surface area contributed by atoms with Crippen molar-refractivity contribution in [2.24, 2.45) is 5.92 Å². The van der Waals surface area contributed by atoms with Crippen LogP contribution in [0.1, 0.15) is 20.3 Å². The highest BCUT2D eigenvalue weighted by molar-refractivity contribution is 5.69. The van der Waals surface area contributed by atoms with E-state index in [1.54, 1.807) is 12.4 Å². The molecule has 4 rings (SSSR count). The predicted molar refractivity (Wildman–Crippen MR) is 91.4 cm³/mol. The molecule has 0 saturated carbocycles. The largest absolute Gasteiger partial charge is 0.367 e. The lowest BCUT2D eigenvalue weighted by molar-refractivity contribution is 0.614. The number of imidazole rings is 1. The van der Waals surface area contributed by atoms with Gasteiger partial charge in [0, 0.05) is 30.7 Å². The van der Waals surface area contributed by atoms with Gasteiger partial charge in [0.15, 0.2) is 11.5 Å². The molecule has 7 heteroatoms. The molecule has 0 aromatic carbocycles. The van der Waals surface area contributed by atoms with Crippen LogP contribution in [0.15, 0.2) is 31.0 Å². The van der Waals surface area contributed by atoms with Crippen LogP contribution in [0.3, 0.4) is 0 Å². The molecule has 3 aromatic rings. The molecule has 0 aliphatic carbocycles. The van der Waals surface area contributed by atoms with E-state index in [9.17, 15) is 0 Å². The Hall–Kier alpha value is -2.41. The SMILES string of the molecule is CC.c1cn2c(-c3cn[nH]c3)cnc2c(NCC2CCNC2)n1. The molecule has 0 spiro atoms. The summed E-state index contributed by atoms with van der Waals surface area (Å²) in [6, 6.07) is 0. The van der Waals surface area contributed by atoms with Crippen LogP contribution in [-0.2, 0) is 0 Å². The Morgan fingerprint density at radius 3 is 2.96 bits per heavy atom. The van der Waals surface area contributed by atoms with E-state index in [0.717, 1.165) is 42.4 Å². The minimum Gasteiger partial charge on any atom is -0.367 e. The number of fused-ring (bicyclic) bond motifs is 1. The molecule has 1 aliphatic rings. The van der Waals surface area contributed by atoms with E-state index in [-0.39, 0.29) is 0 Å². The number of aromatic amines is 1. The van der Waals surface area contributed by atoms with Crippen LogP contribution in [0.5, 0.6) is 0 Å². The summed E-state index contributed by atoms with van der Waals surface area (Å²) in [6.45, 7) is 7.11. The van der Waals surface area contributed by atoms with Gasteiger partial charge in [-0.25, -0.2) is 9.97 Å². The third kappa shape index (κ3) is 3.19. The van der Waals surface area contributed by atoms with E-state index >= 15 is 0 Å². The number of nitrogens with one attached hydrogen (secondary N) is 3. The summed E-state index contributed by atoms with van der Waals surface area (Å²) in [4.78, 5) is 8.92. The van der Waals surface area contributed by atoms with Crippen molar-refractivity contribution in [2.75, 3.05) is 25.0 Å². The molecule has 1 fully saturated rings. The lowest BCUT2D eigenvalue weighted by atomic mass is 10.1. The summed E-state index contributed by atoms with van der Waals surface area (Å²) in [5, 5.41) is 13.6. The molecule has 3 N–H and O–H groups in total. The lowest BCUT2D eigenvalue weighted by Crippen LogP contribution is -2.18. The van der Waals surface area contributed by atoms with Gasteiger partial charge in [-0.1, -0.05) is 13.8 Å². The predicted octanol–water partition coefficient (Wildman–Crippen LogP) is 2.17. The Labute approximate surface area is 135 Å². The van der Waals surface area contributed by atoms with E-state index < -0.39 is 0 Å². The first-order valence-electron chi connectivity index (χ1n) is 8.17. The summed E-state index contributed by atoms with van der Waals surface area (Å²) < 4.78 is 2.03. The number of anilines is 1. The van der Waals surface area contributed by atoms with Gasteiger partial charge in [-0.2, -0.15) is 5.10 Å². The Morgan fingerprint density at radius 1 is 1.30 bits per heavy atom. The number of H-pyrrole nitrogens is 1. The molecule has 1 saturated heterocycles. The van der Waals surface area contributed by atoms with Crippen molar-refractivity contribution in [3.8, 4) is 11.3 Å². The lowest BCUT2D eigenvalue weighted by Gasteiger charge is -2.11. The van der Waals surface area contributed by atoms with E-state index in [1.165, 1.54) is 6.42 Å². The van der Waals surface area contributed by atoms with Crippen molar-refractivity contribution < 1.29 is 0 Å². The number of aromatic nitrogens is 5. The Kier molecular flexibility index (Phi) is 4.87. The summed E-state index contributed by atoms with van der Waals surface area (Å²) in [6.07, 6.45) is 10.4. The highest BCUT2D eigenvalue weighted by atomic mass is 15.1. The first-order chi connectivity index (χ1) is 11.4. The van der Waals surface area contributed by atoms with Gasteiger partial charge in [0.2, 0.25) is 0 Å². The van der Waals surface area contributed by atoms with Gasteiger partial charge < -0.3 is 10.6 Å². The molecule has 1 atom stereocenters. The quantitative estimate of drug-likeness (QED) is 0.687. The van der Waals surface area contributed by atoms with Crippen molar-refractivity contribution in [2.45, 2.75) is 20.3 Å². The van der Waals surface area contributed by atoms with Crippen LogP contribution in [0, 0.1) is 5.92 Å². The van der Waals surface area contributed by atoms with Gasteiger partial charge in [0.1, 0.15) is 0 Å². The number of hydrogen-bond donors (Lipinski definition) is 3. The summed E-state index contributed by atoms with van der Waals surface area (Å²) in [5.74, 6) is 1.49. The Bertz CT molecular complexity index is 726. The average molecular weight is 313 g/mol. The van der Waals surface area contributed by atoms with Crippen molar-refractivity contribution >= 4 is 11.5 Å². The molecule has 7 nitrogen and oxygen atoms in total. The van der Waals surface area contributed by atoms with Gasteiger partial charge in [0.05, 0.1) is 18.1 Å². The summed E-state index contributed by atoms with van der Waals surface area (Å²) >= 11 is 0. The highest BCUT2D eigenvalue weighted by Crippen LogP contribution is 2.22. The van der Waals surface area contributed by atoms with E-state index in [2.05, 4.69) is 30.8 Å². The molecule has 4 heterocycles. The minimum atomic E-state index is 0.662. The Morgan fingerprint density at radius 2 is 2.22 bits per heavy atom. The van der Waals surface area contributed by atoms with Crippen LogP contribution >= 0.6 is 0 Å². The van der Waals surface area contributed by atoms with E-state index in [1.807, 2.05) is 36.8 Å². The van der Waals surface area contributed by atoms with Crippen molar-refractivity contribution in [3.63, 3.8) is 0 Å². The molecule has 1 unspecified atom stereocenters.